The van der Waals surface area contributed by atoms with E-state index in [2.05, 4.69) is 49.2 Å². The molecular formula is C22H18ClN7NiO2S3-. The monoisotopic (exact) mass is 601 g/mol. The summed E-state index contributed by atoms with van der Waals surface area (Å²) in [7, 11) is 0.493. The van der Waals surface area contributed by atoms with E-state index in [0.29, 0.717) is 21.2 Å². The SMILES string of the molecule is CC1=NN(c2ccccc2)C(=N)/C1=C(/[S-])SN=Nc1ccc(S(=O)(=O)Nc2ccccn2)cc1.[Cl][Ni]. The average Bonchev–Trinajstić information content (AvgIpc) is 3.20. The molecule has 14 heteroatoms. The van der Waals surface area contributed by atoms with Gasteiger partial charge in [0, 0.05) is 23.7 Å². The Balaban J connectivity index is 0.00000176. The van der Waals surface area contributed by atoms with Crippen LogP contribution in [0.5, 0.6) is 0 Å². The van der Waals surface area contributed by atoms with Gasteiger partial charge in [-0.1, -0.05) is 24.3 Å². The molecule has 0 amide bonds. The summed E-state index contributed by atoms with van der Waals surface area (Å²) in [6.45, 7) is 1.79. The molecule has 0 unspecified atom stereocenters. The van der Waals surface area contributed by atoms with E-state index in [-0.39, 0.29) is 16.5 Å². The van der Waals surface area contributed by atoms with E-state index in [1.54, 1.807) is 25.1 Å². The van der Waals surface area contributed by atoms with Crippen LogP contribution in [0.2, 0.25) is 0 Å². The number of anilines is 2. The molecule has 36 heavy (non-hydrogen) atoms. The summed E-state index contributed by atoms with van der Waals surface area (Å²) in [5.41, 5.74) is 2.36. The molecule has 0 fully saturated rings. The third kappa shape index (κ3) is 6.89. The molecule has 0 saturated heterocycles. The fourth-order valence-electron chi connectivity index (χ4n) is 2.99. The predicted octanol–water partition coefficient (Wildman–Crippen LogP) is 5.93. The molecule has 1 aromatic heterocycles. The van der Waals surface area contributed by atoms with Crippen LogP contribution in [0.3, 0.4) is 0 Å². The van der Waals surface area contributed by atoms with Crippen molar-refractivity contribution in [1.29, 1.82) is 5.41 Å². The van der Waals surface area contributed by atoms with Crippen molar-refractivity contribution in [3.8, 4) is 0 Å². The first-order valence-electron chi connectivity index (χ1n) is 10.00. The van der Waals surface area contributed by atoms with Crippen molar-refractivity contribution in [2.45, 2.75) is 11.8 Å². The van der Waals surface area contributed by atoms with Gasteiger partial charge in [-0.2, -0.15) is 5.10 Å². The maximum atomic E-state index is 12.5. The van der Waals surface area contributed by atoms with Gasteiger partial charge in [-0.05, 0) is 55.5 Å². The van der Waals surface area contributed by atoms with E-state index in [0.717, 1.165) is 17.6 Å². The Labute approximate surface area is 230 Å². The molecule has 3 aromatic rings. The van der Waals surface area contributed by atoms with E-state index in [1.807, 2.05) is 30.3 Å². The zero-order valence-corrected chi connectivity index (χ0v) is 22.7. The van der Waals surface area contributed by atoms with Crippen LogP contribution in [0.1, 0.15) is 6.92 Å². The number of hydrazone groups is 1. The average molecular weight is 603 g/mol. The molecule has 1 aliphatic heterocycles. The zero-order chi connectivity index (χ0) is 26.1. The number of halogens is 1. The van der Waals surface area contributed by atoms with Gasteiger partial charge in [0.25, 0.3) is 10.0 Å². The minimum absolute atomic E-state index is 0.0723. The van der Waals surface area contributed by atoms with Crippen LogP contribution in [-0.2, 0) is 37.2 Å². The van der Waals surface area contributed by atoms with Gasteiger partial charge in [-0.3, -0.25) is 10.1 Å². The van der Waals surface area contributed by atoms with E-state index in [1.165, 1.54) is 35.5 Å². The summed E-state index contributed by atoms with van der Waals surface area (Å²) in [6.07, 6.45) is 1.50. The Morgan fingerprint density at radius 1 is 1.08 bits per heavy atom. The molecule has 2 N–H and O–H groups in total. The molecule has 0 aliphatic carbocycles. The van der Waals surface area contributed by atoms with Crippen molar-refractivity contribution in [2.75, 3.05) is 9.73 Å². The Bertz CT molecular complexity index is 1400. The van der Waals surface area contributed by atoms with Crippen molar-refractivity contribution in [2.24, 2.45) is 14.7 Å². The fraction of sp³-hybridized carbons (Fsp3) is 0.0455. The van der Waals surface area contributed by atoms with Gasteiger partial charge in [-0.25, -0.2) is 18.4 Å². The minimum atomic E-state index is -3.77. The molecule has 0 bridgehead atoms. The van der Waals surface area contributed by atoms with E-state index in [4.69, 9.17) is 18.0 Å². The molecule has 4 rings (SSSR count). The van der Waals surface area contributed by atoms with Gasteiger partial charge < -0.3 is 12.6 Å². The number of sulfonamides is 1. The van der Waals surface area contributed by atoms with Crippen molar-refractivity contribution >= 4 is 73.5 Å². The van der Waals surface area contributed by atoms with E-state index in [9.17, 15) is 8.42 Å². The first-order valence-corrected chi connectivity index (χ1v) is 14.0. The molecule has 9 nitrogen and oxygen atoms in total. The van der Waals surface area contributed by atoms with Crippen molar-refractivity contribution in [3.63, 3.8) is 0 Å². The van der Waals surface area contributed by atoms with E-state index >= 15 is 0 Å². The summed E-state index contributed by atoms with van der Waals surface area (Å²) in [6, 6.07) is 20.2. The number of hydrogen-bond acceptors (Lipinski definition) is 9. The molecule has 1 aliphatic rings. The topological polar surface area (TPSA) is 123 Å². The van der Waals surface area contributed by atoms with Gasteiger partial charge >= 0.3 is 24.8 Å². The predicted molar refractivity (Wildman–Crippen MR) is 144 cm³/mol. The van der Waals surface area contributed by atoms with Crippen molar-refractivity contribution in [1.82, 2.24) is 4.98 Å². The Hall–Kier alpha value is -2.83. The quantitative estimate of drug-likeness (QED) is 0.150. The molecule has 0 saturated carbocycles. The van der Waals surface area contributed by atoms with E-state index < -0.39 is 10.0 Å². The molecule has 2 heterocycles. The van der Waals surface area contributed by atoms with Crippen LogP contribution in [0.4, 0.5) is 17.2 Å². The summed E-state index contributed by atoms with van der Waals surface area (Å²) in [4.78, 5) is 4.03. The number of nitrogens with one attached hydrogen (secondary N) is 2. The number of amidine groups is 1. The first kappa shape index (κ1) is 27.8. The molecule has 0 radical (unpaired) electrons. The molecule has 0 spiro atoms. The van der Waals surface area contributed by atoms with Crippen LogP contribution in [0, 0.1) is 5.41 Å². The summed E-state index contributed by atoms with van der Waals surface area (Å²) < 4.78 is 31.8. The molecule has 0 atom stereocenters. The van der Waals surface area contributed by atoms with Gasteiger partial charge in [-0.15, -0.1) is 13.9 Å². The standard InChI is InChI=1S/C22H19N7O2S3.ClH.Ni/c1-15-20(21(23)29(26-15)17-7-3-2-4-8-17)22(32)33-28-25-16-10-12-18(13-11-16)34(30,31)27-19-9-5-6-14-24-19;;/h2-14,23,32H,1H3,(H,24,27);1H;/q;;+1/p-2/b22-20-,23-21?,28-25?;;. The van der Waals surface area contributed by atoms with Crippen molar-refractivity contribution in [3.05, 3.63) is 88.8 Å². The number of benzene rings is 2. The second-order valence-corrected chi connectivity index (χ2v) is 10.0. The van der Waals surface area contributed by atoms with Gasteiger partial charge in [0.2, 0.25) is 0 Å². The van der Waals surface area contributed by atoms with Crippen molar-refractivity contribution < 1.29 is 23.0 Å². The Kier molecular flexibility index (Phi) is 9.97. The van der Waals surface area contributed by atoms with Gasteiger partial charge in [0.05, 0.1) is 22.0 Å². The third-order valence-electron chi connectivity index (χ3n) is 4.60. The Morgan fingerprint density at radius 3 is 2.39 bits per heavy atom. The van der Waals surface area contributed by atoms with Gasteiger partial charge in [0.1, 0.15) is 5.82 Å². The van der Waals surface area contributed by atoms with Crippen LogP contribution >= 0.6 is 22.1 Å². The van der Waals surface area contributed by atoms with Crippen LogP contribution in [0.25, 0.3) is 0 Å². The fourth-order valence-corrected chi connectivity index (χ4v) is 4.89. The molecule has 2 aromatic carbocycles. The number of pyridine rings is 1. The van der Waals surface area contributed by atoms with Crippen LogP contribution in [0.15, 0.2) is 108 Å². The number of nitrogens with zero attached hydrogens (tertiary/aromatic N) is 5. The molecule has 189 valence electrons. The normalized spacial score (nSPS) is 14.8. The maximum absolute atomic E-state index is 12.5. The van der Waals surface area contributed by atoms with Gasteiger partial charge in [0.15, 0.2) is 5.84 Å². The summed E-state index contributed by atoms with van der Waals surface area (Å²) in [5.74, 6) is 0.405. The second kappa shape index (κ2) is 12.9. The Morgan fingerprint density at radius 2 is 1.75 bits per heavy atom. The summed E-state index contributed by atoms with van der Waals surface area (Å²) >= 11 is 9.75. The number of para-hydroxylation sites is 1. The number of rotatable bonds is 7. The second-order valence-electron chi connectivity index (χ2n) is 6.93. The first-order chi connectivity index (χ1) is 17.3. The number of hydrogen-bond donors (Lipinski definition) is 2. The molecular weight excluding hydrogens is 585 g/mol. The van der Waals surface area contributed by atoms with Crippen LogP contribution in [-0.4, -0.2) is 24.9 Å². The van der Waals surface area contributed by atoms with Crippen LogP contribution < -0.4 is 9.73 Å². The number of aromatic nitrogens is 1. The third-order valence-corrected chi connectivity index (χ3v) is 6.93. The summed E-state index contributed by atoms with van der Waals surface area (Å²) in [5, 5.41) is 18.5. The zero-order valence-electron chi connectivity index (χ0n) is 18.5.